The maximum Gasteiger partial charge on any atom is 0.241 e. The van der Waals surface area contributed by atoms with Crippen LogP contribution in [-0.4, -0.2) is 38.8 Å². The Bertz CT molecular complexity index is 467. The van der Waals surface area contributed by atoms with Crippen molar-refractivity contribution in [3.63, 3.8) is 0 Å². The van der Waals surface area contributed by atoms with Gasteiger partial charge >= 0.3 is 0 Å². The number of nitrogens with one attached hydrogen (secondary N) is 2. The smallest absolute Gasteiger partial charge is 0.241 e. The van der Waals surface area contributed by atoms with Gasteiger partial charge in [-0.25, -0.2) is 4.39 Å². The van der Waals surface area contributed by atoms with Crippen LogP contribution in [0.25, 0.3) is 0 Å². The van der Waals surface area contributed by atoms with Crippen LogP contribution in [-0.2, 0) is 9.53 Å². The molecule has 1 heterocycles. The van der Waals surface area contributed by atoms with Gasteiger partial charge in [-0.05, 0) is 18.6 Å². The second-order valence-electron chi connectivity index (χ2n) is 4.39. The van der Waals surface area contributed by atoms with E-state index in [1.807, 2.05) is 0 Å². The van der Waals surface area contributed by atoms with Crippen molar-refractivity contribution in [1.82, 2.24) is 5.32 Å². The zero-order valence-corrected chi connectivity index (χ0v) is 10.9. The molecule has 2 N–H and O–H groups in total. The van der Waals surface area contributed by atoms with E-state index in [2.05, 4.69) is 10.6 Å². The van der Waals surface area contributed by atoms with Crippen molar-refractivity contribution in [2.75, 3.05) is 26.1 Å². The van der Waals surface area contributed by atoms with Crippen molar-refractivity contribution >= 4 is 11.6 Å². The molecule has 1 saturated heterocycles. The number of ether oxygens (including phenoxy) is 2. The van der Waals surface area contributed by atoms with E-state index in [1.165, 1.54) is 25.3 Å². The number of methoxy groups -OCH3 is 2. The fourth-order valence-corrected chi connectivity index (χ4v) is 2.03. The number of carbonyl (C=O) groups excluding carboxylic acids is 1. The summed E-state index contributed by atoms with van der Waals surface area (Å²) in [5.74, 6) is -0.270. The Balaban J connectivity index is 2.03. The molecule has 104 valence electrons. The zero-order chi connectivity index (χ0) is 13.8. The van der Waals surface area contributed by atoms with Crippen molar-refractivity contribution in [2.45, 2.75) is 18.6 Å². The molecule has 2 atom stereocenters. The third kappa shape index (κ3) is 3.21. The summed E-state index contributed by atoms with van der Waals surface area (Å²) < 4.78 is 23.7. The van der Waals surface area contributed by atoms with Crippen LogP contribution in [0.15, 0.2) is 18.2 Å². The van der Waals surface area contributed by atoms with Gasteiger partial charge in [0, 0.05) is 19.7 Å². The number of carbonyl (C=O) groups is 1. The van der Waals surface area contributed by atoms with Gasteiger partial charge < -0.3 is 20.1 Å². The van der Waals surface area contributed by atoms with Gasteiger partial charge in [-0.2, -0.15) is 0 Å². The molecule has 5 nitrogen and oxygen atoms in total. The van der Waals surface area contributed by atoms with Gasteiger partial charge in [-0.3, -0.25) is 4.79 Å². The minimum absolute atomic E-state index is 0.0194. The Kier molecular flexibility index (Phi) is 4.34. The lowest BCUT2D eigenvalue weighted by Crippen LogP contribution is -2.35. The first-order chi connectivity index (χ1) is 9.13. The summed E-state index contributed by atoms with van der Waals surface area (Å²) in [7, 11) is 3.09. The lowest BCUT2D eigenvalue weighted by atomic mass is 10.2. The number of hydrogen-bond donors (Lipinski definition) is 2. The molecule has 1 aromatic carbocycles. The van der Waals surface area contributed by atoms with Crippen molar-refractivity contribution in [1.29, 1.82) is 0 Å². The normalized spacial score (nSPS) is 22.3. The second-order valence-corrected chi connectivity index (χ2v) is 4.39. The number of rotatable bonds is 4. The van der Waals surface area contributed by atoms with E-state index < -0.39 is 5.82 Å². The van der Waals surface area contributed by atoms with Gasteiger partial charge in [0.25, 0.3) is 0 Å². The highest BCUT2D eigenvalue weighted by Crippen LogP contribution is 2.22. The van der Waals surface area contributed by atoms with E-state index in [-0.39, 0.29) is 23.7 Å². The zero-order valence-electron chi connectivity index (χ0n) is 10.9. The molecule has 0 aromatic heterocycles. The first-order valence-electron chi connectivity index (χ1n) is 6.04. The molecular formula is C13H17FN2O3. The highest BCUT2D eigenvalue weighted by molar-refractivity contribution is 5.95. The van der Waals surface area contributed by atoms with Crippen LogP contribution in [0, 0.1) is 5.82 Å². The van der Waals surface area contributed by atoms with E-state index in [0.717, 1.165) is 0 Å². The van der Waals surface area contributed by atoms with Crippen LogP contribution in [0.3, 0.4) is 0 Å². The molecule has 2 rings (SSSR count). The fraction of sp³-hybridized carbons (Fsp3) is 0.462. The summed E-state index contributed by atoms with van der Waals surface area (Å²) in [4.78, 5) is 12.0. The number of amides is 1. The third-order valence-corrected chi connectivity index (χ3v) is 3.17. The highest BCUT2D eigenvalue weighted by Gasteiger charge is 2.29. The van der Waals surface area contributed by atoms with Crippen molar-refractivity contribution in [3.8, 4) is 5.75 Å². The highest BCUT2D eigenvalue weighted by atomic mass is 19.1. The number of hydrogen-bond acceptors (Lipinski definition) is 4. The fourth-order valence-electron chi connectivity index (χ4n) is 2.03. The van der Waals surface area contributed by atoms with Gasteiger partial charge in [-0.15, -0.1) is 0 Å². The monoisotopic (exact) mass is 268 g/mol. The lowest BCUT2D eigenvalue weighted by molar-refractivity contribution is -0.118. The van der Waals surface area contributed by atoms with Gasteiger partial charge in [0.2, 0.25) is 5.91 Å². The first kappa shape index (κ1) is 13.8. The van der Waals surface area contributed by atoms with Crippen LogP contribution in [0.1, 0.15) is 6.42 Å². The van der Waals surface area contributed by atoms with Crippen LogP contribution in [0.4, 0.5) is 10.1 Å². The standard InChI is InChI=1S/C13H17FN2O3/c1-18-8-3-4-10(14)11(5-8)16-13(17)12-6-9(19-2)7-15-12/h3-5,9,12,15H,6-7H2,1-2H3,(H,16,17). The third-order valence-electron chi connectivity index (χ3n) is 3.17. The summed E-state index contributed by atoms with van der Waals surface area (Å²) in [6.07, 6.45) is 0.597. The minimum Gasteiger partial charge on any atom is -0.497 e. The summed E-state index contributed by atoms with van der Waals surface area (Å²) in [6, 6.07) is 3.85. The van der Waals surface area contributed by atoms with Gasteiger partial charge in [-0.1, -0.05) is 0 Å². The molecule has 19 heavy (non-hydrogen) atoms. The summed E-state index contributed by atoms with van der Waals surface area (Å²) in [6.45, 7) is 0.620. The van der Waals surface area contributed by atoms with Crippen LogP contribution in [0.5, 0.6) is 5.75 Å². The minimum atomic E-state index is -0.490. The molecule has 0 aliphatic carbocycles. The Hall–Kier alpha value is -1.66. The predicted octanol–water partition coefficient (Wildman–Crippen LogP) is 1.15. The SMILES string of the molecule is COc1ccc(F)c(NC(=O)C2CC(OC)CN2)c1. The van der Waals surface area contributed by atoms with Crippen molar-refractivity contribution < 1.29 is 18.7 Å². The van der Waals surface area contributed by atoms with E-state index in [1.54, 1.807) is 7.11 Å². The molecule has 1 aliphatic rings. The van der Waals surface area contributed by atoms with Crippen LogP contribution in [0.2, 0.25) is 0 Å². The molecule has 1 aliphatic heterocycles. The molecule has 1 aromatic rings. The van der Waals surface area contributed by atoms with E-state index in [4.69, 9.17) is 9.47 Å². The molecule has 1 amide bonds. The molecule has 0 radical (unpaired) electrons. The maximum atomic E-state index is 13.6. The van der Waals surface area contributed by atoms with Crippen LogP contribution >= 0.6 is 0 Å². The Morgan fingerprint density at radius 3 is 2.89 bits per heavy atom. The molecule has 2 unspecified atom stereocenters. The van der Waals surface area contributed by atoms with Crippen LogP contribution < -0.4 is 15.4 Å². The molecule has 6 heteroatoms. The van der Waals surface area contributed by atoms with Gasteiger partial charge in [0.15, 0.2) is 0 Å². The predicted molar refractivity (Wildman–Crippen MR) is 68.8 cm³/mol. The molecular weight excluding hydrogens is 251 g/mol. The molecule has 0 saturated carbocycles. The van der Waals surface area contributed by atoms with Crippen molar-refractivity contribution in [3.05, 3.63) is 24.0 Å². The first-order valence-corrected chi connectivity index (χ1v) is 6.04. The average Bonchev–Trinajstić information content (AvgIpc) is 2.90. The summed E-state index contributed by atoms with van der Waals surface area (Å²) in [5.41, 5.74) is 0.118. The van der Waals surface area contributed by atoms with Gasteiger partial charge in [0.1, 0.15) is 11.6 Å². The van der Waals surface area contributed by atoms with Crippen molar-refractivity contribution in [2.24, 2.45) is 0 Å². The second kappa shape index (κ2) is 5.99. The molecule has 1 fully saturated rings. The topological polar surface area (TPSA) is 59.6 Å². The number of anilines is 1. The summed E-state index contributed by atoms with van der Waals surface area (Å²) in [5, 5.41) is 5.59. The quantitative estimate of drug-likeness (QED) is 0.860. The number of halogens is 1. The Labute approximate surface area is 111 Å². The average molecular weight is 268 g/mol. The largest absolute Gasteiger partial charge is 0.497 e. The summed E-state index contributed by atoms with van der Waals surface area (Å²) >= 11 is 0. The Morgan fingerprint density at radius 2 is 2.26 bits per heavy atom. The Morgan fingerprint density at radius 1 is 1.47 bits per heavy atom. The maximum absolute atomic E-state index is 13.6. The molecule has 0 bridgehead atoms. The van der Waals surface area contributed by atoms with E-state index >= 15 is 0 Å². The van der Waals surface area contributed by atoms with E-state index in [9.17, 15) is 9.18 Å². The van der Waals surface area contributed by atoms with Gasteiger partial charge in [0.05, 0.1) is 24.9 Å². The lowest BCUT2D eigenvalue weighted by Gasteiger charge is -2.12. The van der Waals surface area contributed by atoms with E-state index in [0.29, 0.717) is 18.7 Å². The number of benzene rings is 1. The molecule has 0 spiro atoms.